The number of hydrogen-bond acceptors (Lipinski definition) is 3. The van der Waals surface area contributed by atoms with Gasteiger partial charge in [0.25, 0.3) is 5.91 Å². The van der Waals surface area contributed by atoms with Crippen LogP contribution in [0.4, 0.5) is 4.39 Å². The first kappa shape index (κ1) is 13.3. The lowest BCUT2D eigenvalue weighted by Gasteiger charge is -2.02. The number of fused-ring (bicyclic) bond motifs is 1. The average molecular weight is 285 g/mol. The lowest BCUT2D eigenvalue weighted by molar-refractivity contribution is 0.0706. The van der Waals surface area contributed by atoms with Gasteiger partial charge in [0.05, 0.1) is 11.0 Å². The molecule has 0 spiro atoms. The van der Waals surface area contributed by atoms with Crippen LogP contribution in [0.2, 0.25) is 0 Å². The van der Waals surface area contributed by atoms with Gasteiger partial charge in [-0.05, 0) is 36.8 Å². The summed E-state index contributed by atoms with van der Waals surface area (Å²) < 4.78 is 13.6. The van der Waals surface area contributed by atoms with E-state index >= 15 is 0 Å². The van der Waals surface area contributed by atoms with Crippen molar-refractivity contribution in [3.05, 3.63) is 53.3 Å². The summed E-state index contributed by atoms with van der Waals surface area (Å²) >= 11 is 0. The zero-order valence-electron chi connectivity index (χ0n) is 11.1. The first-order valence-electron chi connectivity index (χ1n) is 6.30. The molecule has 0 radical (unpaired) electrons. The minimum atomic E-state index is -0.602. The van der Waals surface area contributed by atoms with Crippen LogP contribution in [0.25, 0.3) is 22.4 Å². The molecule has 0 aliphatic heterocycles. The Kier molecular flexibility index (Phi) is 3.15. The zero-order chi connectivity index (χ0) is 15.0. The number of aromatic nitrogens is 2. The van der Waals surface area contributed by atoms with Gasteiger partial charge in [-0.15, -0.1) is 0 Å². The summed E-state index contributed by atoms with van der Waals surface area (Å²) in [6.07, 6.45) is 0. The van der Waals surface area contributed by atoms with Crippen molar-refractivity contribution in [2.24, 2.45) is 0 Å². The predicted molar refractivity (Wildman–Crippen MR) is 75.5 cm³/mol. The van der Waals surface area contributed by atoms with Crippen molar-refractivity contribution in [3.63, 3.8) is 0 Å². The molecule has 0 bridgehead atoms. The van der Waals surface area contributed by atoms with E-state index < -0.39 is 5.91 Å². The minimum Gasteiger partial charge on any atom is -0.338 e. The van der Waals surface area contributed by atoms with Crippen LogP contribution < -0.4 is 5.48 Å². The van der Waals surface area contributed by atoms with Crippen molar-refractivity contribution in [2.75, 3.05) is 0 Å². The summed E-state index contributed by atoms with van der Waals surface area (Å²) in [5, 5.41) is 8.64. The number of nitrogens with one attached hydrogen (secondary N) is 2. The van der Waals surface area contributed by atoms with Gasteiger partial charge < -0.3 is 4.98 Å². The van der Waals surface area contributed by atoms with Crippen LogP contribution in [0.3, 0.4) is 0 Å². The number of hydroxylamine groups is 1. The van der Waals surface area contributed by atoms with Crippen molar-refractivity contribution >= 4 is 16.9 Å². The van der Waals surface area contributed by atoms with Crippen LogP contribution in [-0.2, 0) is 0 Å². The molecule has 0 aliphatic carbocycles. The topological polar surface area (TPSA) is 78.0 Å². The molecule has 1 aromatic heterocycles. The van der Waals surface area contributed by atoms with Crippen LogP contribution in [0.1, 0.15) is 15.9 Å². The number of carbonyl (C=O) groups is 1. The summed E-state index contributed by atoms with van der Waals surface area (Å²) in [6.45, 7) is 1.68. The van der Waals surface area contributed by atoms with Gasteiger partial charge in [-0.1, -0.05) is 12.1 Å². The molecule has 3 rings (SSSR count). The van der Waals surface area contributed by atoms with Crippen molar-refractivity contribution < 1.29 is 14.4 Å². The van der Waals surface area contributed by atoms with E-state index in [2.05, 4.69) is 9.97 Å². The van der Waals surface area contributed by atoms with Gasteiger partial charge in [0.15, 0.2) is 0 Å². The molecule has 0 aliphatic rings. The highest BCUT2D eigenvalue weighted by Crippen LogP contribution is 2.25. The van der Waals surface area contributed by atoms with E-state index in [1.807, 2.05) is 0 Å². The fourth-order valence-corrected chi connectivity index (χ4v) is 2.21. The molecule has 1 amide bonds. The number of hydrogen-bond donors (Lipinski definition) is 3. The molecule has 6 heteroatoms. The van der Waals surface area contributed by atoms with E-state index in [0.717, 1.165) is 0 Å². The van der Waals surface area contributed by atoms with E-state index in [4.69, 9.17) is 5.21 Å². The number of nitrogens with zero attached hydrogens (tertiary/aromatic N) is 1. The number of benzene rings is 2. The number of aromatic amines is 1. The highest BCUT2D eigenvalue weighted by Gasteiger charge is 2.12. The molecule has 3 N–H and O–H groups in total. The van der Waals surface area contributed by atoms with Crippen LogP contribution in [-0.4, -0.2) is 21.1 Å². The van der Waals surface area contributed by atoms with E-state index in [-0.39, 0.29) is 5.82 Å². The molecule has 21 heavy (non-hydrogen) atoms. The number of imidazole rings is 1. The highest BCUT2D eigenvalue weighted by molar-refractivity contribution is 5.97. The Balaban J connectivity index is 2.13. The third kappa shape index (κ3) is 2.25. The summed E-state index contributed by atoms with van der Waals surface area (Å²) in [7, 11) is 0. The van der Waals surface area contributed by atoms with Crippen LogP contribution in [0.15, 0.2) is 36.4 Å². The van der Waals surface area contributed by atoms with E-state index in [9.17, 15) is 9.18 Å². The minimum absolute atomic E-state index is 0.298. The summed E-state index contributed by atoms with van der Waals surface area (Å²) in [4.78, 5) is 18.8. The Hall–Kier alpha value is -2.73. The smallest absolute Gasteiger partial charge is 0.274 e. The Labute approximate surface area is 119 Å². The molecule has 0 fully saturated rings. The van der Waals surface area contributed by atoms with Crippen molar-refractivity contribution in [3.8, 4) is 11.4 Å². The Bertz CT molecular complexity index is 842. The largest absolute Gasteiger partial charge is 0.338 e. The molecule has 106 valence electrons. The van der Waals surface area contributed by atoms with Crippen LogP contribution >= 0.6 is 0 Å². The number of amides is 1. The van der Waals surface area contributed by atoms with Gasteiger partial charge in [0, 0.05) is 11.1 Å². The first-order chi connectivity index (χ1) is 10.1. The van der Waals surface area contributed by atoms with Gasteiger partial charge in [-0.3, -0.25) is 10.0 Å². The van der Waals surface area contributed by atoms with Crippen molar-refractivity contribution in [1.29, 1.82) is 0 Å². The average Bonchev–Trinajstić information content (AvgIpc) is 2.91. The van der Waals surface area contributed by atoms with Crippen LogP contribution in [0, 0.1) is 12.7 Å². The maximum atomic E-state index is 13.6. The summed E-state index contributed by atoms with van der Waals surface area (Å²) in [5.41, 5.74) is 4.34. The van der Waals surface area contributed by atoms with Gasteiger partial charge in [-0.2, -0.15) is 0 Å². The van der Waals surface area contributed by atoms with Gasteiger partial charge in [-0.25, -0.2) is 14.9 Å². The second kappa shape index (κ2) is 4.99. The molecule has 0 saturated carbocycles. The molecule has 2 aromatic carbocycles. The molecule has 1 heterocycles. The number of H-pyrrole nitrogens is 1. The third-order valence-electron chi connectivity index (χ3n) is 3.37. The first-order valence-corrected chi connectivity index (χ1v) is 6.30. The van der Waals surface area contributed by atoms with Gasteiger partial charge >= 0.3 is 0 Å². The third-order valence-corrected chi connectivity index (χ3v) is 3.37. The molecule has 3 aromatic rings. The predicted octanol–water partition coefficient (Wildman–Crippen LogP) is 2.80. The molecule has 0 atom stereocenters. The number of carbonyl (C=O) groups excluding carboxylic acids is 1. The molecule has 0 unspecified atom stereocenters. The lowest BCUT2D eigenvalue weighted by atomic mass is 10.1. The maximum absolute atomic E-state index is 13.6. The monoisotopic (exact) mass is 285 g/mol. The quantitative estimate of drug-likeness (QED) is 0.500. The molecular weight excluding hydrogens is 273 g/mol. The van der Waals surface area contributed by atoms with Crippen molar-refractivity contribution in [2.45, 2.75) is 6.92 Å². The van der Waals surface area contributed by atoms with E-state index in [1.165, 1.54) is 6.07 Å². The second-order valence-electron chi connectivity index (χ2n) is 4.67. The lowest BCUT2D eigenvalue weighted by Crippen LogP contribution is -2.18. The SMILES string of the molecule is Cc1c(F)cccc1-c1nc2ccc(C(=O)NO)cc2[nH]1. The Morgan fingerprint density at radius 1 is 1.33 bits per heavy atom. The number of halogens is 1. The Morgan fingerprint density at radius 2 is 2.14 bits per heavy atom. The van der Waals surface area contributed by atoms with Crippen molar-refractivity contribution in [1.82, 2.24) is 15.4 Å². The van der Waals surface area contributed by atoms with E-state index in [0.29, 0.717) is 33.5 Å². The molecule has 5 nitrogen and oxygen atoms in total. The number of rotatable bonds is 2. The molecule has 0 saturated heterocycles. The highest BCUT2D eigenvalue weighted by atomic mass is 19.1. The summed E-state index contributed by atoms with van der Waals surface area (Å²) in [6, 6.07) is 9.58. The Morgan fingerprint density at radius 3 is 2.90 bits per heavy atom. The molecular formula is C15H12FN3O2. The van der Waals surface area contributed by atoms with Gasteiger partial charge in [0.2, 0.25) is 0 Å². The summed E-state index contributed by atoms with van der Waals surface area (Å²) in [5.74, 6) is -0.369. The second-order valence-corrected chi connectivity index (χ2v) is 4.67. The fourth-order valence-electron chi connectivity index (χ4n) is 2.21. The van der Waals surface area contributed by atoms with Crippen LogP contribution in [0.5, 0.6) is 0 Å². The standard InChI is InChI=1S/C15H12FN3O2/c1-8-10(3-2-4-11(8)16)14-17-12-6-5-9(15(20)19-21)7-13(12)18-14/h2-7,21H,1H3,(H,17,18)(H,19,20). The zero-order valence-corrected chi connectivity index (χ0v) is 11.1. The van der Waals surface area contributed by atoms with Gasteiger partial charge in [0.1, 0.15) is 11.6 Å². The normalized spacial score (nSPS) is 10.8. The van der Waals surface area contributed by atoms with E-state index in [1.54, 1.807) is 42.7 Å². The maximum Gasteiger partial charge on any atom is 0.274 e. The fraction of sp³-hybridized carbons (Fsp3) is 0.0667.